The maximum absolute atomic E-state index is 5.81. The van der Waals surface area contributed by atoms with Gasteiger partial charge in [0, 0.05) is 11.9 Å². The summed E-state index contributed by atoms with van der Waals surface area (Å²) in [6.07, 6.45) is 2.65. The summed E-state index contributed by atoms with van der Waals surface area (Å²) >= 11 is 1.65. The fourth-order valence-electron chi connectivity index (χ4n) is 2.23. The number of hydrogen-bond donors (Lipinski definition) is 2. The van der Waals surface area contributed by atoms with Gasteiger partial charge in [-0.15, -0.1) is 21.5 Å². The van der Waals surface area contributed by atoms with Crippen LogP contribution < -0.4 is 11.1 Å². The molecule has 1 unspecified atom stereocenters. The highest BCUT2D eigenvalue weighted by Crippen LogP contribution is 2.31. The zero-order chi connectivity index (χ0) is 15.0. The molecule has 0 spiro atoms. The lowest BCUT2D eigenvalue weighted by molar-refractivity contribution is 0.717. The molecule has 0 aliphatic rings. The third kappa shape index (κ3) is 2.54. The van der Waals surface area contributed by atoms with Crippen LogP contribution in [0.5, 0.6) is 0 Å². The fourth-order valence-corrected chi connectivity index (χ4v) is 3.20. The number of nitrogens with zero attached hydrogens (tertiary/aromatic N) is 5. The first-order valence-corrected chi connectivity index (χ1v) is 7.56. The van der Waals surface area contributed by atoms with E-state index in [0.717, 1.165) is 28.3 Å². The van der Waals surface area contributed by atoms with Crippen LogP contribution in [0.4, 0.5) is 11.8 Å². The Morgan fingerprint density at radius 3 is 2.90 bits per heavy atom. The maximum atomic E-state index is 5.81. The minimum Gasteiger partial charge on any atom is -0.368 e. The second-order valence-corrected chi connectivity index (χ2v) is 6.00. The van der Waals surface area contributed by atoms with Gasteiger partial charge in [0.25, 0.3) is 0 Å². The van der Waals surface area contributed by atoms with Crippen molar-refractivity contribution in [3.05, 3.63) is 23.1 Å². The lowest BCUT2D eigenvalue weighted by Crippen LogP contribution is -2.13. The zero-order valence-corrected chi connectivity index (χ0v) is 13.0. The quantitative estimate of drug-likeness (QED) is 0.767. The van der Waals surface area contributed by atoms with Crippen LogP contribution in [0.25, 0.3) is 10.2 Å². The van der Waals surface area contributed by atoms with Gasteiger partial charge in [0.15, 0.2) is 5.82 Å². The standard InChI is InChI=1S/C13H17N7S/c1-4-8-5-9-10(17-13(14)18-12(9)21-8)16-7(2)11-19-15-6-20(11)3/h5-7H,4H2,1-3H3,(H3,14,16,17,18). The molecule has 3 N–H and O–H groups in total. The summed E-state index contributed by atoms with van der Waals surface area (Å²) in [5.74, 6) is 1.86. The highest BCUT2D eigenvalue weighted by atomic mass is 32.1. The Bertz CT molecular complexity index is 776. The van der Waals surface area contributed by atoms with E-state index < -0.39 is 0 Å². The van der Waals surface area contributed by atoms with Gasteiger partial charge in [-0.25, -0.2) is 4.98 Å². The summed E-state index contributed by atoms with van der Waals surface area (Å²) in [5, 5.41) is 12.4. The average molecular weight is 303 g/mol. The molecule has 0 aliphatic heterocycles. The number of hydrogen-bond acceptors (Lipinski definition) is 7. The third-order valence-electron chi connectivity index (χ3n) is 3.30. The van der Waals surface area contributed by atoms with Crippen molar-refractivity contribution in [3.63, 3.8) is 0 Å². The maximum Gasteiger partial charge on any atom is 0.223 e. The molecule has 0 saturated heterocycles. The number of anilines is 2. The lowest BCUT2D eigenvalue weighted by atomic mass is 10.2. The van der Waals surface area contributed by atoms with E-state index in [1.54, 1.807) is 17.7 Å². The third-order valence-corrected chi connectivity index (χ3v) is 4.47. The van der Waals surface area contributed by atoms with E-state index in [4.69, 9.17) is 5.73 Å². The molecule has 8 heteroatoms. The highest BCUT2D eigenvalue weighted by molar-refractivity contribution is 7.18. The Kier molecular flexibility index (Phi) is 3.46. The van der Waals surface area contributed by atoms with Crippen LogP contribution in [-0.4, -0.2) is 24.7 Å². The molecular weight excluding hydrogens is 286 g/mol. The smallest absolute Gasteiger partial charge is 0.223 e. The van der Waals surface area contributed by atoms with Gasteiger partial charge in [0.1, 0.15) is 17.0 Å². The van der Waals surface area contributed by atoms with Crippen LogP contribution in [0.15, 0.2) is 12.4 Å². The van der Waals surface area contributed by atoms with E-state index in [9.17, 15) is 0 Å². The number of aromatic nitrogens is 5. The number of nitrogen functional groups attached to an aromatic ring is 1. The largest absolute Gasteiger partial charge is 0.368 e. The van der Waals surface area contributed by atoms with Gasteiger partial charge in [-0.2, -0.15) is 4.98 Å². The van der Waals surface area contributed by atoms with Crippen LogP contribution in [-0.2, 0) is 13.5 Å². The second kappa shape index (κ2) is 5.28. The normalized spacial score (nSPS) is 12.7. The van der Waals surface area contributed by atoms with Crippen molar-refractivity contribution in [2.24, 2.45) is 7.05 Å². The SMILES string of the molecule is CCc1cc2c(NC(C)c3nncn3C)nc(N)nc2s1. The Hall–Kier alpha value is -2.22. The van der Waals surface area contributed by atoms with E-state index in [-0.39, 0.29) is 12.0 Å². The number of fused-ring (bicyclic) bond motifs is 1. The van der Waals surface area contributed by atoms with Crippen LogP contribution in [0.3, 0.4) is 0 Å². The minimum atomic E-state index is -0.0278. The topological polar surface area (TPSA) is 94.5 Å². The van der Waals surface area contributed by atoms with E-state index in [1.807, 2.05) is 18.5 Å². The molecule has 0 aliphatic carbocycles. The van der Waals surface area contributed by atoms with Gasteiger partial charge in [0.05, 0.1) is 11.4 Å². The Balaban J connectivity index is 1.99. The predicted octanol–water partition coefficient (Wildman–Crippen LogP) is 2.14. The van der Waals surface area contributed by atoms with Crippen molar-refractivity contribution in [3.8, 4) is 0 Å². The van der Waals surface area contributed by atoms with Crippen molar-refractivity contribution in [2.75, 3.05) is 11.1 Å². The summed E-state index contributed by atoms with van der Waals surface area (Å²) in [6.45, 7) is 4.14. The number of rotatable bonds is 4. The molecule has 110 valence electrons. The van der Waals surface area contributed by atoms with E-state index in [2.05, 4.69) is 38.5 Å². The summed E-state index contributed by atoms with van der Waals surface area (Å²) in [7, 11) is 1.91. The first kappa shape index (κ1) is 13.7. The monoisotopic (exact) mass is 303 g/mol. The number of aryl methyl sites for hydroxylation is 2. The summed E-state index contributed by atoms with van der Waals surface area (Å²) in [6, 6.07) is 2.09. The second-order valence-electron chi connectivity index (χ2n) is 4.88. The van der Waals surface area contributed by atoms with Crippen LogP contribution in [0, 0.1) is 0 Å². The Labute approximate surface area is 126 Å². The zero-order valence-electron chi connectivity index (χ0n) is 12.2. The van der Waals surface area contributed by atoms with Crippen LogP contribution in [0.2, 0.25) is 0 Å². The molecule has 3 aromatic heterocycles. The molecule has 0 bridgehead atoms. The van der Waals surface area contributed by atoms with Gasteiger partial charge >= 0.3 is 0 Å². The molecule has 0 aromatic carbocycles. The molecule has 3 aromatic rings. The molecule has 0 amide bonds. The highest BCUT2D eigenvalue weighted by Gasteiger charge is 2.16. The fraction of sp³-hybridized carbons (Fsp3) is 0.385. The van der Waals surface area contributed by atoms with Crippen LogP contribution >= 0.6 is 11.3 Å². The summed E-state index contributed by atoms with van der Waals surface area (Å²) in [5.41, 5.74) is 5.81. The van der Waals surface area contributed by atoms with Crippen molar-refractivity contribution >= 4 is 33.3 Å². The van der Waals surface area contributed by atoms with Crippen molar-refractivity contribution < 1.29 is 0 Å². The van der Waals surface area contributed by atoms with Gasteiger partial charge in [-0.1, -0.05) is 6.92 Å². The lowest BCUT2D eigenvalue weighted by Gasteiger charge is -2.14. The van der Waals surface area contributed by atoms with Crippen molar-refractivity contribution in [1.82, 2.24) is 24.7 Å². The first-order chi connectivity index (χ1) is 10.1. The van der Waals surface area contributed by atoms with Gasteiger partial charge in [-0.05, 0) is 19.4 Å². The molecule has 3 rings (SSSR count). The molecule has 1 atom stereocenters. The summed E-state index contributed by atoms with van der Waals surface area (Å²) in [4.78, 5) is 10.8. The van der Waals surface area contributed by atoms with Gasteiger partial charge in [0.2, 0.25) is 5.95 Å². The Morgan fingerprint density at radius 1 is 1.43 bits per heavy atom. The molecular formula is C13H17N7S. The molecule has 0 saturated carbocycles. The average Bonchev–Trinajstić information content (AvgIpc) is 3.04. The van der Waals surface area contributed by atoms with Crippen molar-refractivity contribution in [1.29, 1.82) is 0 Å². The van der Waals surface area contributed by atoms with Gasteiger partial charge < -0.3 is 15.6 Å². The number of thiophene rings is 1. The minimum absolute atomic E-state index is 0.0278. The number of nitrogens with one attached hydrogen (secondary N) is 1. The summed E-state index contributed by atoms with van der Waals surface area (Å²) < 4.78 is 1.88. The van der Waals surface area contributed by atoms with Crippen LogP contribution in [0.1, 0.15) is 30.6 Å². The Morgan fingerprint density at radius 2 is 2.24 bits per heavy atom. The van der Waals surface area contributed by atoms with Crippen molar-refractivity contribution in [2.45, 2.75) is 26.3 Å². The molecule has 0 radical (unpaired) electrons. The van der Waals surface area contributed by atoms with E-state index in [0.29, 0.717) is 0 Å². The molecule has 7 nitrogen and oxygen atoms in total. The van der Waals surface area contributed by atoms with Gasteiger partial charge in [-0.3, -0.25) is 0 Å². The molecule has 0 fully saturated rings. The first-order valence-electron chi connectivity index (χ1n) is 6.74. The molecule has 3 heterocycles. The number of nitrogens with two attached hydrogens (primary N) is 1. The molecule has 21 heavy (non-hydrogen) atoms. The predicted molar refractivity (Wildman–Crippen MR) is 84.2 cm³/mol. The van der Waals surface area contributed by atoms with E-state index in [1.165, 1.54) is 4.88 Å². The van der Waals surface area contributed by atoms with E-state index >= 15 is 0 Å².